The molecule has 0 aliphatic rings. The van der Waals surface area contributed by atoms with Gasteiger partial charge in [0.1, 0.15) is 5.82 Å². The second-order valence-electron chi connectivity index (χ2n) is 4.73. The first kappa shape index (κ1) is 15.0. The van der Waals surface area contributed by atoms with Gasteiger partial charge in [0.05, 0.1) is 0 Å². The van der Waals surface area contributed by atoms with Crippen molar-refractivity contribution in [2.45, 2.75) is 46.1 Å². The van der Waals surface area contributed by atoms with E-state index in [1.54, 1.807) is 6.07 Å². The fourth-order valence-corrected chi connectivity index (χ4v) is 2.17. The Morgan fingerprint density at radius 2 is 2.00 bits per heavy atom. The Balaban J connectivity index is 3.01. The van der Waals surface area contributed by atoms with Crippen LogP contribution < -0.4 is 10.6 Å². The van der Waals surface area contributed by atoms with Crippen LogP contribution in [0.5, 0.6) is 0 Å². The van der Waals surface area contributed by atoms with Gasteiger partial charge < -0.3 is 10.6 Å². The third-order valence-corrected chi connectivity index (χ3v) is 3.26. The minimum atomic E-state index is -0.176. The highest BCUT2D eigenvalue weighted by atomic mass is 19.1. The monoisotopic (exact) mass is 252 g/mol. The van der Waals surface area contributed by atoms with Crippen LogP contribution in [0, 0.1) is 5.82 Å². The molecule has 0 heterocycles. The molecule has 0 amide bonds. The van der Waals surface area contributed by atoms with Crippen LogP contribution >= 0.6 is 0 Å². The lowest BCUT2D eigenvalue weighted by molar-refractivity contribution is 0.612. The van der Waals surface area contributed by atoms with Gasteiger partial charge in [-0.05, 0) is 49.9 Å². The summed E-state index contributed by atoms with van der Waals surface area (Å²) in [5, 5.41) is 0. The molecule has 0 bridgehead atoms. The Bertz CT molecular complexity index is 366. The number of halogens is 1. The van der Waals surface area contributed by atoms with Gasteiger partial charge in [0, 0.05) is 24.8 Å². The summed E-state index contributed by atoms with van der Waals surface area (Å²) < 4.78 is 13.4. The van der Waals surface area contributed by atoms with E-state index < -0.39 is 0 Å². The normalized spacial score (nSPS) is 12.5. The Labute approximate surface area is 110 Å². The number of anilines is 1. The van der Waals surface area contributed by atoms with E-state index in [0.29, 0.717) is 0 Å². The van der Waals surface area contributed by atoms with Crippen molar-refractivity contribution in [3.63, 3.8) is 0 Å². The summed E-state index contributed by atoms with van der Waals surface area (Å²) in [6.45, 7) is 8.28. The summed E-state index contributed by atoms with van der Waals surface area (Å²) in [6, 6.07) is 5.15. The minimum absolute atomic E-state index is 0.103. The van der Waals surface area contributed by atoms with E-state index in [1.165, 1.54) is 6.07 Å². The summed E-state index contributed by atoms with van der Waals surface area (Å²) in [5.41, 5.74) is 8.16. The van der Waals surface area contributed by atoms with E-state index in [9.17, 15) is 4.39 Å². The fraction of sp³-hybridized carbons (Fsp3) is 0.600. The summed E-state index contributed by atoms with van der Waals surface area (Å²) >= 11 is 0. The maximum atomic E-state index is 13.4. The highest BCUT2D eigenvalue weighted by Gasteiger charge is 2.12. The standard InChI is InChI=1S/C15H25FN2/c1-4-9-18(6-3)15-8-7-13(16)10-12(15)11-14(17)5-2/h7-8,10,14H,4-6,9,11,17H2,1-3H3. The smallest absolute Gasteiger partial charge is 0.123 e. The highest BCUT2D eigenvalue weighted by Crippen LogP contribution is 2.23. The first-order chi connectivity index (χ1) is 8.62. The molecule has 0 saturated heterocycles. The van der Waals surface area contributed by atoms with Crippen LogP contribution in [-0.2, 0) is 6.42 Å². The summed E-state index contributed by atoms with van der Waals surface area (Å²) in [7, 11) is 0. The van der Waals surface area contributed by atoms with Crippen LogP contribution in [-0.4, -0.2) is 19.1 Å². The molecule has 102 valence electrons. The van der Waals surface area contributed by atoms with Gasteiger partial charge in [-0.3, -0.25) is 0 Å². The van der Waals surface area contributed by atoms with Crippen molar-refractivity contribution in [3.05, 3.63) is 29.6 Å². The second-order valence-corrected chi connectivity index (χ2v) is 4.73. The Morgan fingerprint density at radius 1 is 1.28 bits per heavy atom. The molecule has 0 aliphatic heterocycles. The maximum absolute atomic E-state index is 13.4. The Kier molecular flexibility index (Phi) is 6.13. The number of hydrogen-bond donors (Lipinski definition) is 1. The van der Waals surface area contributed by atoms with Gasteiger partial charge in [-0.1, -0.05) is 13.8 Å². The average molecular weight is 252 g/mol. The van der Waals surface area contributed by atoms with Crippen LogP contribution in [0.3, 0.4) is 0 Å². The summed E-state index contributed by atoms with van der Waals surface area (Å²) in [5.74, 6) is -0.176. The molecule has 2 nitrogen and oxygen atoms in total. The van der Waals surface area contributed by atoms with Crippen molar-refractivity contribution in [1.29, 1.82) is 0 Å². The number of rotatable bonds is 7. The van der Waals surface area contributed by atoms with E-state index >= 15 is 0 Å². The number of nitrogens with zero attached hydrogens (tertiary/aromatic N) is 1. The molecule has 1 rings (SSSR count). The van der Waals surface area contributed by atoms with Crippen LogP contribution in [0.1, 0.15) is 39.2 Å². The molecular formula is C15H25FN2. The topological polar surface area (TPSA) is 29.3 Å². The lowest BCUT2D eigenvalue weighted by Crippen LogP contribution is -2.27. The molecule has 1 atom stereocenters. The van der Waals surface area contributed by atoms with Crippen LogP contribution in [0.4, 0.5) is 10.1 Å². The largest absolute Gasteiger partial charge is 0.372 e. The van der Waals surface area contributed by atoms with Crippen molar-refractivity contribution < 1.29 is 4.39 Å². The zero-order valence-corrected chi connectivity index (χ0v) is 11.7. The van der Waals surface area contributed by atoms with E-state index in [-0.39, 0.29) is 11.9 Å². The van der Waals surface area contributed by atoms with Crippen LogP contribution in [0.25, 0.3) is 0 Å². The van der Waals surface area contributed by atoms with Gasteiger partial charge in [-0.25, -0.2) is 4.39 Å². The number of nitrogens with two attached hydrogens (primary N) is 1. The van der Waals surface area contributed by atoms with E-state index in [0.717, 1.165) is 43.6 Å². The third kappa shape index (κ3) is 3.98. The SMILES string of the molecule is CCCN(CC)c1ccc(F)cc1CC(N)CC. The first-order valence-electron chi connectivity index (χ1n) is 6.91. The molecule has 0 aliphatic carbocycles. The van der Waals surface area contributed by atoms with Crippen molar-refractivity contribution in [1.82, 2.24) is 0 Å². The number of hydrogen-bond acceptors (Lipinski definition) is 2. The quantitative estimate of drug-likeness (QED) is 0.806. The summed E-state index contributed by atoms with van der Waals surface area (Å²) in [4.78, 5) is 2.29. The molecular weight excluding hydrogens is 227 g/mol. The van der Waals surface area contributed by atoms with Gasteiger partial charge in [0.15, 0.2) is 0 Å². The molecule has 1 aromatic rings. The Morgan fingerprint density at radius 3 is 2.56 bits per heavy atom. The van der Waals surface area contributed by atoms with Gasteiger partial charge in [-0.2, -0.15) is 0 Å². The predicted molar refractivity (Wildman–Crippen MR) is 76.5 cm³/mol. The minimum Gasteiger partial charge on any atom is -0.372 e. The van der Waals surface area contributed by atoms with Gasteiger partial charge in [-0.15, -0.1) is 0 Å². The maximum Gasteiger partial charge on any atom is 0.123 e. The second kappa shape index (κ2) is 7.37. The van der Waals surface area contributed by atoms with E-state index in [1.807, 2.05) is 6.07 Å². The van der Waals surface area contributed by atoms with Crippen LogP contribution in [0.15, 0.2) is 18.2 Å². The predicted octanol–water partition coefficient (Wildman–Crippen LogP) is 3.34. The molecule has 0 spiro atoms. The summed E-state index contributed by atoms with van der Waals surface area (Å²) in [6.07, 6.45) is 2.74. The molecule has 0 aromatic heterocycles. The average Bonchev–Trinajstić information content (AvgIpc) is 2.36. The zero-order valence-electron chi connectivity index (χ0n) is 11.7. The highest BCUT2D eigenvalue weighted by molar-refractivity contribution is 5.54. The molecule has 1 aromatic carbocycles. The molecule has 2 N–H and O–H groups in total. The lowest BCUT2D eigenvalue weighted by atomic mass is 10.0. The molecule has 3 heteroatoms. The lowest BCUT2D eigenvalue weighted by Gasteiger charge is -2.26. The third-order valence-electron chi connectivity index (χ3n) is 3.26. The van der Waals surface area contributed by atoms with Gasteiger partial charge >= 0.3 is 0 Å². The van der Waals surface area contributed by atoms with Crippen molar-refractivity contribution in [2.24, 2.45) is 5.73 Å². The van der Waals surface area contributed by atoms with E-state index in [2.05, 4.69) is 25.7 Å². The molecule has 18 heavy (non-hydrogen) atoms. The van der Waals surface area contributed by atoms with E-state index in [4.69, 9.17) is 5.73 Å². The molecule has 0 saturated carbocycles. The molecule has 0 fully saturated rings. The fourth-order valence-electron chi connectivity index (χ4n) is 2.17. The van der Waals surface area contributed by atoms with Crippen molar-refractivity contribution in [2.75, 3.05) is 18.0 Å². The number of benzene rings is 1. The van der Waals surface area contributed by atoms with Crippen molar-refractivity contribution in [3.8, 4) is 0 Å². The Hall–Kier alpha value is -1.09. The first-order valence-corrected chi connectivity index (χ1v) is 6.91. The van der Waals surface area contributed by atoms with Crippen LogP contribution in [0.2, 0.25) is 0 Å². The van der Waals surface area contributed by atoms with Crippen molar-refractivity contribution >= 4 is 5.69 Å². The van der Waals surface area contributed by atoms with Gasteiger partial charge in [0.2, 0.25) is 0 Å². The molecule has 1 unspecified atom stereocenters. The van der Waals surface area contributed by atoms with Gasteiger partial charge in [0.25, 0.3) is 0 Å². The molecule has 0 radical (unpaired) electrons. The zero-order chi connectivity index (χ0) is 13.5.